The highest BCUT2D eigenvalue weighted by Crippen LogP contribution is 2.24. The van der Waals surface area contributed by atoms with Gasteiger partial charge in [0.15, 0.2) is 0 Å². The Morgan fingerprint density at radius 1 is 1.16 bits per heavy atom. The van der Waals surface area contributed by atoms with Crippen LogP contribution in [0, 0.1) is 6.92 Å². The zero-order valence-corrected chi connectivity index (χ0v) is 15.8. The molecule has 0 aliphatic heterocycles. The minimum absolute atomic E-state index is 0.285. The van der Waals surface area contributed by atoms with Gasteiger partial charge in [-0.05, 0) is 36.6 Å². The van der Waals surface area contributed by atoms with Crippen molar-refractivity contribution >= 4 is 33.2 Å². The van der Waals surface area contributed by atoms with Gasteiger partial charge in [0.2, 0.25) is 15.9 Å². The monoisotopic (exact) mass is 380 g/mol. The molecular weight excluding hydrogens is 360 g/mol. The number of hydrogen-bond donors (Lipinski definition) is 1. The summed E-state index contributed by atoms with van der Waals surface area (Å²) in [6.07, 6.45) is 1.75. The van der Waals surface area contributed by atoms with E-state index in [1.807, 2.05) is 37.3 Å². The van der Waals surface area contributed by atoms with Gasteiger partial charge in [0.1, 0.15) is 6.54 Å². The van der Waals surface area contributed by atoms with Gasteiger partial charge in [-0.1, -0.05) is 48.0 Å². The van der Waals surface area contributed by atoms with Crippen molar-refractivity contribution in [2.24, 2.45) is 0 Å². The number of rotatable bonds is 7. The van der Waals surface area contributed by atoms with Crippen molar-refractivity contribution < 1.29 is 13.2 Å². The zero-order chi connectivity index (χ0) is 18.4. The molecule has 1 amide bonds. The molecule has 0 bridgehead atoms. The van der Waals surface area contributed by atoms with Crippen LogP contribution in [0.4, 0.5) is 5.69 Å². The van der Waals surface area contributed by atoms with Crippen LogP contribution in [0.25, 0.3) is 0 Å². The van der Waals surface area contributed by atoms with Gasteiger partial charge in [-0.3, -0.25) is 9.10 Å². The smallest absolute Gasteiger partial charge is 0.240 e. The molecule has 0 aliphatic rings. The molecule has 0 spiro atoms. The van der Waals surface area contributed by atoms with Gasteiger partial charge < -0.3 is 5.32 Å². The van der Waals surface area contributed by atoms with Crippen molar-refractivity contribution in [1.82, 2.24) is 5.32 Å². The molecule has 0 fully saturated rings. The molecule has 0 unspecified atom stereocenters. The third-order valence-corrected chi connectivity index (χ3v) is 5.26. The Morgan fingerprint density at radius 2 is 1.84 bits per heavy atom. The highest BCUT2D eigenvalue weighted by molar-refractivity contribution is 7.92. The average molecular weight is 381 g/mol. The molecule has 0 radical (unpaired) electrons. The van der Waals surface area contributed by atoms with Crippen LogP contribution in [-0.2, 0) is 21.2 Å². The van der Waals surface area contributed by atoms with Crippen LogP contribution in [0.1, 0.15) is 11.1 Å². The predicted octanol–water partition coefficient (Wildman–Crippen LogP) is 2.77. The van der Waals surface area contributed by atoms with E-state index in [4.69, 9.17) is 11.6 Å². The molecule has 7 heteroatoms. The van der Waals surface area contributed by atoms with Crippen molar-refractivity contribution in [1.29, 1.82) is 0 Å². The van der Waals surface area contributed by atoms with Crippen LogP contribution in [0.2, 0.25) is 5.02 Å². The molecule has 0 saturated heterocycles. The van der Waals surface area contributed by atoms with E-state index in [1.54, 1.807) is 18.2 Å². The summed E-state index contributed by atoms with van der Waals surface area (Å²) in [5.41, 5.74) is 2.32. The predicted molar refractivity (Wildman–Crippen MR) is 102 cm³/mol. The van der Waals surface area contributed by atoms with Crippen molar-refractivity contribution in [2.75, 3.05) is 23.7 Å². The summed E-state index contributed by atoms with van der Waals surface area (Å²) in [5, 5.41) is 3.21. The normalized spacial score (nSPS) is 11.2. The number of benzene rings is 2. The molecule has 2 rings (SSSR count). The van der Waals surface area contributed by atoms with Gasteiger partial charge in [-0.25, -0.2) is 8.42 Å². The molecule has 2 aromatic rings. The number of nitrogens with one attached hydrogen (secondary N) is 1. The maximum atomic E-state index is 12.2. The molecule has 0 saturated carbocycles. The van der Waals surface area contributed by atoms with Crippen LogP contribution >= 0.6 is 11.6 Å². The molecular formula is C18H21ClN2O3S. The van der Waals surface area contributed by atoms with Gasteiger partial charge in [0.05, 0.1) is 11.9 Å². The number of nitrogens with zero attached hydrogens (tertiary/aromatic N) is 1. The van der Waals surface area contributed by atoms with Gasteiger partial charge in [-0.2, -0.15) is 0 Å². The molecule has 0 aromatic heterocycles. The van der Waals surface area contributed by atoms with Crippen LogP contribution < -0.4 is 9.62 Å². The van der Waals surface area contributed by atoms with Crippen molar-refractivity contribution in [3.05, 3.63) is 64.7 Å². The summed E-state index contributed by atoms with van der Waals surface area (Å²) in [4.78, 5) is 12.2. The number of carbonyl (C=O) groups excluding carboxylic acids is 1. The first kappa shape index (κ1) is 19.3. The van der Waals surface area contributed by atoms with Crippen molar-refractivity contribution in [3.63, 3.8) is 0 Å². The van der Waals surface area contributed by atoms with Crippen LogP contribution in [-0.4, -0.2) is 33.7 Å². The minimum atomic E-state index is -3.61. The van der Waals surface area contributed by atoms with E-state index in [-0.39, 0.29) is 12.5 Å². The Bertz CT molecular complexity index is 839. The highest BCUT2D eigenvalue weighted by atomic mass is 35.5. The second-order valence-corrected chi connectivity index (χ2v) is 8.10. The Kier molecular flexibility index (Phi) is 6.45. The summed E-state index contributed by atoms with van der Waals surface area (Å²) in [7, 11) is -3.61. The van der Waals surface area contributed by atoms with E-state index in [0.717, 1.165) is 21.7 Å². The number of carbonyl (C=O) groups is 1. The fourth-order valence-corrected chi connectivity index (χ4v) is 3.34. The highest BCUT2D eigenvalue weighted by Gasteiger charge is 2.21. The maximum absolute atomic E-state index is 12.2. The second kappa shape index (κ2) is 8.36. The maximum Gasteiger partial charge on any atom is 0.240 e. The molecule has 0 heterocycles. The second-order valence-electron chi connectivity index (χ2n) is 5.79. The quantitative estimate of drug-likeness (QED) is 0.803. The SMILES string of the molecule is Cc1ccc(N(CC(=O)NCCc2ccccc2)S(C)(=O)=O)cc1Cl. The first-order chi connectivity index (χ1) is 11.8. The fourth-order valence-electron chi connectivity index (χ4n) is 2.31. The van der Waals surface area contributed by atoms with Gasteiger partial charge >= 0.3 is 0 Å². The molecule has 0 aliphatic carbocycles. The number of hydrogen-bond acceptors (Lipinski definition) is 3. The van der Waals surface area contributed by atoms with Gasteiger partial charge in [0, 0.05) is 11.6 Å². The zero-order valence-electron chi connectivity index (χ0n) is 14.2. The fraction of sp³-hybridized carbons (Fsp3) is 0.278. The molecule has 5 nitrogen and oxygen atoms in total. The van der Waals surface area contributed by atoms with Crippen LogP contribution in [0.5, 0.6) is 0 Å². The lowest BCUT2D eigenvalue weighted by molar-refractivity contribution is -0.119. The standard InChI is InChI=1S/C18H21ClN2O3S/c1-14-8-9-16(12-17(14)19)21(25(2,23)24)13-18(22)20-11-10-15-6-4-3-5-7-15/h3-9,12H,10-11,13H2,1-2H3,(H,20,22). The van der Waals surface area contributed by atoms with E-state index >= 15 is 0 Å². The van der Waals surface area contributed by atoms with Crippen molar-refractivity contribution in [2.45, 2.75) is 13.3 Å². The molecule has 1 N–H and O–H groups in total. The van der Waals surface area contributed by atoms with E-state index in [1.165, 1.54) is 0 Å². The van der Waals surface area contributed by atoms with E-state index in [2.05, 4.69) is 5.32 Å². The molecule has 0 atom stereocenters. The lowest BCUT2D eigenvalue weighted by Crippen LogP contribution is -2.41. The largest absolute Gasteiger partial charge is 0.354 e. The van der Waals surface area contributed by atoms with Crippen molar-refractivity contribution in [3.8, 4) is 0 Å². The Balaban J connectivity index is 2.02. The van der Waals surface area contributed by atoms with Gasteiger partial charge in [-0.15, -0.1) is 0 Å². The number of amides is 1. The van der Waals surface area contributed by atoms with Crippen LogP contribution in [0.3, 0.4) is 0 Å². The van der Waals surface area contributed by atoms with Crippen LogP contribution in [0.15, 0.2) is 48.5 Å². The van der Waals surface area contributed by atoms with E-state index in [0.29, 0.717) is 23.7 Å². The first-order valence-corrected chi connectivity index (χ1v) is 10.0. The minimum Gasteiger partial charge on any atom is -0.354 e. The van der Waals surface area contributed by atoms with Gasteiger partial charge in [0.25, 0.3) is 0 Å². The summed E-state index contributed by atoms with van der Waals surface area (Å²) in [6.45, 7) is 1.98. The summed E-state index contributed by atoms with van der Waals surface area (Å²) in [6, 6.07) is 14.7. The number of halogens is 1. The summed E-state index contributed by atoms with van der Waals surface area (Å²) >= 11 is 6.07. The lowest BCUT2D eigenvalue weighted by atomic mass is 10.1. The Morgan fingerprint density at radius 3 is 2.44 bits per heavy atom. The van der Waals surface area contributed by atoms with E-state index < -0.39 is 10.0 Å². The first-order valence-electron chi connectivity index (χ1n) is 7.82. The Hall–Kier alpha value is -2.05. The molecule has 2 aromatic carbocycles. The number of aryl methyl sites for hydroxylation is 1. The van der Waals surface area contributed by atoms with E-state index in [9.17, 15) is 13.2 Å². The summed E-state index contributed by atoms with van der Waals surface area (Å²) < 4.78 is 25.2. The Labute approximate surface area is 153 Å². The molecule has 25 heavy (non-hydrogen) atoms. The number of anilines is 1. The number of sulfonamides is 1. The average Bonchev–Trinajstić information content (AvgIpc) is 2.55. The topological polar surface area (TPSA) is 66.5 Å². The third kappa shape index (κ3) is 5.76. The lowest BCUT2D eigenvalue weighted by Gasteiger charge is -2.22. The third-order valence-electron chi connectivity index (χ3n) is 3.71. The molecule has 134 valence electrons. The summed E-state index contributed by atoms with van der Waals surface area (Å²) in [5.74, 6) is -0.363.